The van der Waals surface area contributed by atoms with E-state index >= 15 is 0 Å². The van der Waals surface area contributed by atoms with E-state index in [-0.39, 0.29) is 0 Å². The molecule has 0 saturated heterocycles. The van der Waals surface area contributed by atoms with Crippen molar-refractivity contribution >= 4 is 40.1 Å². The summed E-state index contributed by atoms with van der Waals surface area (Å²) in [7, 11) is 0. The van der Waals surface area contributed by atoms with Crippen molar-refractivity contribution in [1.82, 2.24) is 5.32 Å². The van der Waals surface area contributed by atoms with Gasteiger partial charge in [0.2, 0.25) is 0 Å². The molecule has 23 heavy (non-hydrogen) atoms. The first-order chi connectivity index (χ1) is 11.1. The summed E-state index contributed by atoms with van der Waals surface area (Å²) in [5.41, 5.74) is 3.36. The molecule has 1 aliphatic rings. The second kappa shape index (κ2) is 7.77. The maximum Gasteiger partial charge on any atom is 0.181 e. The molecule has 0 radical (unpaired) electrons. The van der Waals surface area contributed by atoms with Crippen LogP contribution in [-0.4, -0.2) is 17.0 Å². The Labute approximate surface area is 149 Å². The minimum Gasteiger partial charge on any atom is -0.610 e. The van der Waals surface area contributed by atoms with Gasteiger partial charge < -0.3 is 15.2 Å². The smallest absolute Gasteiger partial charge is 0.181 e. The van der Waals surface area contributed by atoms with Gasteiger partial charge in [0.15, 0.2) is 10.8 Å². The molecule has 1 unspecified atom stereocenters. The summed E-state index contributed by atoms with van der Waals surface area (Å²) in [5.74, 6) is 0.532. The number of fused-ring (bicyclic) bond motifs is 1. The lowest BCUT2D eigenvalue weighted by atomic mass is 10.1. The van der Waals surface area contributed by atoms with Crippen molar-refractivity contribution in [3.8, 4) is 0 Å². The molecule has 0 amide bonds. The highest BCUT2D eigenvalue weighted by Crippen LogP contribution is 2.29. The van der Waals surface area contributed by atoms with Crippen LogP contribution in [0.4, 0.5) is 5.69 Å². The van der Waals surface area contributed by atoms with Crippen LogP contribution in [0.3, 0.4) is 0 Å². The van der Waals surface area contributed by atoms with Crippen molar-refractivity contribution in [2.24, 2.45) is 0 Å². The molecule has 3 nitrogen and oxygen atoms in total. The summed E-state index contributed by atoms with van der Waals surface area (Å²) >= 11 is 11.0. The van der Waals surface area contributed by atoms with Gasteiger partial charge in [-0.3, -0.25) is 0 Å². The zero-order valence-corrected chi connectivity index (χ0v) is 14.9. The van der Waals surface area contributed by atoms with Gasteiger partial charge in [-0.1, -0.05) is 35.3 Å². The van der Waals surface area contributed by atoms with Gasteiger partial charge in [0.1, 0.15) is 0 Å². The van der Waals surface area contributed by atoms with Gasteiger partial charge in [0, 0.05) is 17.7 Å². The molecule has 0 bridgehead atoms. The minimum atomic E-state index is -0.896. The van der Waals surface area contributed by atoms with Gasteiger partial charge in [-0.05, 0) is 54.8 Å². The number of hydrogen-bond acceptors (Lipinski definition) is 3. The number of halogens is 2. The highest BCUT2D eigenvalue weighted by atomic mass is 35.5. The molecule has 2 N–H and O–H groups in total. The van der Waals surface area contributed by atoms with Gasteiger partial charge in [-0.25, -0.2) is 0 Å². The van der Waals surface area contributed by atoms with Crippen LogP contribution in [0.5, 0.6) is 0 Å². The summed E-state index contributed by atoms with van der Waals surface area (Å²) in [6.07, 6.45) is 2.00. The maximum absolute atomic E-state index is 11.8. The predicted molar refractivity (Wildman–Crippen MR) is 97.8 cm³/mol. The molecule has 2 aromatic rings. The summed E-state index contributed by atoms with van der Waals surface area (Å²) < 4.78 is 11.8. The number of anilines is 1. The summed E-state index contributed by atoms with van der Waals surface area (Å²) in [4.78, 5) is 0.936. The van der Waals surface area contributed by atoms with Crippen LogP contribution < -0.4 is 10.6 Å². The first kappa shape index (κ1) is 16.9. The minimum absolute atomic E-state index is 0.532. The molecule has 3 rings (SSSR count). The normalized spacial score (nSPS) is 16.2. The van der Waals surface area contributed by atoms with Crippen LogP contribution in [0.2, 0.25) is 10.0 Å². The van der Waals surface area contributed by atoms with Crippen molar-refractivity contribution in [1.29, 1.82) is 0 Å². The SMILES string of the molecule is [O-][S+]1CNc2ccc(CCCNCc3ccc(Cl)c(Cl)c3)cc21. The van der Waals surface area contributed by atoms with Crippen molar-refractivity contribution in [2.45, 2.75) is 24.3 Å². The number of hydrogen-bond donors (Lipinski definition) is 2. The van der Waals surface area contributed by atoms with Crippen LogP contribution in [0.1, 0.15) is 17.5 Å². The Kier molecular flexibility index (Phi) is 5.72. The van der Waals surface area contributed by atoms with Crippen LogP contribution in [-0.2, 0) is 24.1 Å². The third-order valence-corrected chi connectivity index (χ3v) is 5.79. The van der Waals surface area contributed by atoms with Gasteiger partial charge in [-0.2, -0.15) is 0 Å². The maximum atomic E-state index is 11.8. The van der Waals surface area contributed by atoms with E-state index in [1.54, 1.807) is 0 Å². The monoisotopic (exact) mass is 368 g/mol. The van der Waals surface area contributed by atoms with Gasteiger partial charge >= 0.3 is 0 Å². The molecule has 122 valence electrons. The molecule has 0 fully saturated rings. The molecule has 0 saturated carbocycles. The molecule has 0 spiro atoms. The lowest BCUT2D eigenvalue weighted by Gasteiger charge is -2.07. The Morgan fingerprint density at radius 1 is 1.09 bits per heavy atom. The highest BCUT2D eigenvalue weighted by molar-refractivity contribution is 7.92. The number of rotatable bonds is 6. The van der Waals surface area contributed by atoms with E-state index in [1.165, 1.54) is 5.56 Å². The third kappa shape index (κ3) is 4.34. The molecule has 1 heterocycles. The molecule has 1 aliphatic heterocycles. The fraction of sp³-hybridized carbons (Fsp3) is 0.294. The lowest BCUT2D eigenvalue weighted by Crippen LogP contribution is -2.15. The Bertz CT molecular complexity index is 696. The third-order valence-electron chi connectivity index (χ3n) is 3.82. The van der Waals surface area contributed by atoms with Gasteiger partial charge in [0.25, 0.3) is 0 Å². The van der Waals surface area contributed by atoms with Gasteiger partial charge in [-0.15, -0.1) is 0 Å². The predicted octanol–water partition coefficient (Wildman–Crippen LogP) is 4.21. The molecular formula is C17H18Cl2N2OS. The van der Waals surface area contributed by atoms with Crippen LogP contribution in [0.15, 0.2) is 41.3 Å². The van der Waals surface area contributed by atoms with E-state index < -0.39 is 11.2 Å². The van der Waals surface area contributed by atoms with Crippen molar-refractivity contribution in [3.63, 3.8) is 0 Å². The van der Waals surface area contributed by atoms with E-state index in [4.69, 9.17) is 23.2 Å². The summed E-state index contributed by atoms with van der Waals surface area (Å²) in [6, 6.07) is 11.9. The second-order valence-electron chi connectivity index (χ2n) is 5.53. The molecular weight excluding hydrogens is 351 g/mol. The summed E-state index contributed by atoms with van der Waals surface area (Å²) in [6.45, 7) is 1.69. The molecule has 2 aromatic carbocycles. The molecule has 1 atom stereocenters. The largest absolute Gasteiger partial charge is 0.610 e. The van der Waals surface area contributed by atoms with E-state index in [9.17, 15) is 4.55 Å². The number of benzene rings is 2. The Hall–Kier alpha value is -0.910. The Morgan fingerprint density at radius 3 is 2.74 bits per heavy atom. The first-order valence-electron chi connectivity index (χ1n) is 7.53. The Balaban J connectivity index is 1.43. The van der Waals surface area contributed by atoms with Crippen molar-refractivity contribution in [2.75, 3.05) is 17.7 Å². The van der Waals surface area contributed by atoms with Crippen LogP contribution in [0.25, 0.3) is 0 Å². The van der Waals surface area contributed by atoms with Crippen molar-refractivity contribution < 1.29 is 4.55 Å². The number of aryl methyl sites for hydroxylation is 1. The van der Waals surface area contributed by atoms with Crippen LogP contribution in [0, 0.1) is 0 Å². The quantitative estimate of drug-likeness (QED) is 0.593. The van der Waals surface area contributed by atoms with E-state index in [1.807, 2.05) is 24.3 Å². The standard InChI is InChI=1S/C17H18Cl2N2OS/c18-14-5-3-13(8-15(14)19)10-20-7-1-2-12-4-6-16-17(9-12)23(22)11-21-16/h3-6,8-9,20-21H,1-2,7,10-11H2. The number of nitrogens with one attached hydrogen (secondary N) is 2. The molecule has 0 aliphatic carbocycles. The van der Waals surface area contributed by atoms with E-state index in [2.05, 4.69) is 22.8 Å². The highest BCUT2D eigenvalue weighted by Gasteiger charge is 2.23. The zero-order chi connectivity index (χ0) is 16.2. The second-order valence-corrected chi connectivity index (χ2v) is 7.76. The first-order valence-corrected chi connectivity index (χ1v) is 9.61. The average molecular weight is 369 g/mol. The molecule has 0 aromatic heterocycles. The van der Waals surface area contributed by atoms with E-state index in [0.717, 1.165) is 42.1 Å². The molecule has 6 heteroatoms. The fourth-order valence-electron chi connectivity index (χ4n) is 2.58. The van der Waals surface area contributed by atoms with Gasteiger partial charge in [0.05, 0.1) is 15.7 Å². The zero-order valence-electron chi connectivity index (χ0n) is 12.6. The summed E-state index contributed by atoms with van der Waals surface area (Å²) in [5, 5.41) is 7.72. The topological polar surface area (TPSA) is 47.1 Å². The Morgan fingerprint density at radius 2 is 1.91 bits per heavy atom. The van der Waals surface area contributed by atoms with Crippen LogP contribution >= 0.6 is 23.2 Å². The van der Waals surface area contributed by atoms with Crippen molar-refractivity contribution in [3.05, 3.63) is 57.6 Å². The average Bonchev–Trinajstić information content (AvgIpc) is 2.91. The lowest BCUT2D eigenvalue weighted by molar-refractivity contribution is 0.599. The van der Waals surface area contributed by atoms with E-state index in [0.29, 0.717) is 15.9 Å². The fourth-order valence-corrected chi connectivity index (χ4v) is 4.01.